The molecule has 0 radical (unpaired) electrons. The number of benzene rings is 1. The van der Waals surface area contributed by atoms with Crippen molar-refractivity contribution in [1.82, 2.24) is 10.6 Å². The fraction of sp³-hybridized carbons (Fsp3) is 0.333. The van der Waals surface area contributed by atoms with Crippen molar-refractivity contribution in [3.63, 3.8) is 0 Å². The third kappa shape index (κ3) is 1.38. The zero-order valence-corrected chi connectivity index (χ0v) is 8.75. The quantitative estimate of drug-likeness (QED) is 0.672. The molecule has 0 saturated carbocycles. The maximum absolute atomic E-state index is 11.4. The maximum Gasteiger partial charge on any atom is 0.321 e. The van der Waals surface area contributed by atoms with Crippen molar-refractivity contribution in [2.75, 3.05) is 0 Å². The van der Waals surface area contributed by atoms with Crippen LogP contribution < -0.4 is 10.6 Å². The minimum absolute atomic E-state index is 0.184. The SMILES string of the molecule is O=C1CC2(Cc3ccccc3C2)NC(=O)N1. The van der Waals surface area contributed by atoms with E-state index in [-0.39, 0.29) is 17.5 Å². The molecule has 0 bridgehead atoms. The molecule has 1 spiro atoms. The summed E-state index contributed by atoms with van der Waals surface area (Å²) in [5.41, 5.74) is 2.08. The van der Waals surface area contributed by atoms with Gasteiger partial charge in [0.15, 0.2) is 0 Å². The average Bonchev–Trinajstić information content (AvgIpc) is 2.52. The van der Waals surface area contributed by atoms with E-state index in [1.54, 1.807) is 0 Å². The summed E-state index contributed by atoms with van der Waals surface area (Å²) < 4.78 is 0. The smallest absolute Gasteiger partial charge is 0.321 e. The molecule has 0 aromatic heterocycles. The number of carbonyl (C=O) groups excluding carboxylic acids is 2. The Kier molecular flexibility index (Phi) is 1.80. The summed E-state index contributed by atoms with van der Waals surface area (Å²) >= 11 is 0. The van der Waals surface area contributed by atoms with Crippen molar-refractivity contribution >= 4 is 11.9 Å². The average molecular weight is 216 g/mol. The minimum Gasteiger partial charge on any atom is -0.331 e. The lowest BCUT2D eigenvalue weighted by molar-refractivity contribution is -0.122. The Morgan fingerprint density at radius 1 is 1.00 bits per heavy atom. The number of nitrogens with one attached hydrogen (secondary N) is 2. The Morgan fingerprint density at radius 3 is 2.19 bits per heavy atom. The van der Waals surface area contributed by atoms with Crippen molar-refractivity contribution in [2.45, 2.75) is 24.8 Å². The predicted octanol–water partition coefficient (Wildman–Crippen LogP) is 0.753. The van der Waals surface area contributed by atoms with Crippen LogP contribution in [-0.4, -0.2) is 17.5 Å². The molecule has 2 N–H and O–H groups in total. The first-order valence-electron chi connectivity index (χ1n) is 5.36. The molecule has 2 aliphatic rings. The highest BCUT2D eigenvalue weighted by atomic mass is 16.2. The van der Waals surface area contributed by atoms with Gasteiger partial charge in [0.05, 0.1) is 12.0 Å². The molecule has 1 aliphatic heterocycles. The Hall–Kier alpha value is -1.84. The van der Waals surface area contributed by atoms with Crippen molar-refractivity contribution in [1.29, 1.82) is 0 Å². The van der Waals surface area contributed by atoms with Gasteiger partial charge < -0.3 is 5.32 Å². The first kappa shape index (κ1) is 9.39. The molecule has 1 aromatic rings. The summed E-state index contributed by atoms with van der Waals surface area (Å²) in [6.07, 6.45) is 1.87. The number of imide groups is 1. The zero-order chi connectivity index (χ0) is 11.2. The van der Waals surface area contributed by atoms with E-state index in [1.165, 1.54) is 11.1 Å². The van der Waals surface area contributed by atoms with Crippen LogP contribution in [0.25, 0.3) is 0 Å². The lowest BCUT2D eigenvalue weighted by atomic mass is 9.90. The molecular weight excluding hydrogens is 204 g/mol. The van der Waals surface area contributed by atoms with Gasteiger partial charge in [0, 0.05) is 0 Å². The number of rotatable bonds is 0. The van der Waals surface area contributed by atoms with Crippen molar-refractivity contribution < 1.29 is 9.59 Å². The monoisotopic (exact) mass is 216 g/mol. The third-order valence-electron chi connectivity index (χ3n) is 3.31. The summed E-state index contributed by atoms with van der Waals surface area (Å²) in [5, 5.41) is 5.17. The van der Waals surface area contributed by atoms with Crippen LogP contribution in [0, 0.1) is 0 Å². The van der Waals surface area contributed by atoms with Crippen LogP contribution in [0.2, 0.25) is 0 Å². The Balaban J connectivity index is 1.93. The molecule has 3 rings (SSSR count). The first-order valence-corrected chi connectivity index (χ1v) is 5.36. The molecule has 1 fully saturated rings. The third-order valence-corrected chi connectivity index (χ3v) is 3.31. The molecule has 4 nitrogen and oxygen atoms in total. The predicted molar refractivity (Wildman–Crippen MR) is 57.9 cm³/mol. The van der Waals surface area contributed by atoms with Gasteiger partial charge in [0.2, 0.25) is 5.91 Å². The molecule has 1 heterocycles. The van der Waals surface area contributed by atoms with Crippen LogP contribution in [0.5, 0.6) is 0 Å². The standard InChI is InChI=1S/C12H12N2O2/c15-10-7-12(14-11(16)13-10)5-8-3-1-2-4-9(8)6-12/h1-4H,5-7H2,(H2,13,14,15,16). The molecular formula is C12H12N2O2. The second kappa shape index (κ2) is 3.07. The van der Waals surface area contributed by atoms with E-state index in [0.717, 1.165) is 12.8 Å². The van der Waals surface area contributed by atoms with Gasteiger partial charge in [-0.3, -0.25) is 10.1 Å². The summed E-state index contributed by atoms with van der Waals surface area (Å²) in [5.74, 6) is -0.184. The summed E-state index contributed by atoms with van der Waals surface area (Å²) in [6.45, 7) is 0. The van der Waals surface area contributed by atoms with Gasteiger partial charge in [0.25, 0.3) is 0 Å². The largest absolute Gasteiger partial charge is 0.331 e. The van der Waals surface area contributed by atoms with Gasteiger partial charge >= 0.3 is 6.03 Å². The summed E-state index contributed by atoms with van der Waals surface area (Å²) in [7, 11) is 0. The molecule has 1 aromatic carbocycles. The van der Waals surface area contributed by atoms with E-state index in [9.17, 15) is 9.59 Å². The van der Waals surface area contributed by atoms with Gasteiger partial charge in [-0.05, 0) is 24.0 Å². The second-order valence-corrected chi connectivity index (χ2v) is 4.58. The number of carbonyl (C=O) groups is 2. The Bertz CT molecular complexity index is 439. The van der Waals surface area contributed by atoms with E-state index >= 15 is 0 Å². The number of fused-ring (bicyclic) bond motifs is 1. The summed E-state index contributed by atoms with van der Waals surface area (Å²) in [4.78, 5) is 22.8. The van der Waals surface area contributed by atoms with Crippen molar-refractivity contribution in [3.8, 4) is 0 Å². The van der Waals surface area contributed by atoms with Crippen LogP contribution in [0.15, 0.2) is 24.3 Å². The van der Waals surface area contributed by atoms with E-state index in [2.05, 4.69) is 22.8 Å². The fourth-order valence-corrected chi connectivity index (χ4v) is 2.70. The molecule has 16 heavy (non-hydrogen) atoms. The van der Waals surface area contributed by atoms with Gasteiger partial charge in [-0.2, -0.15) is 0 Å². The van der Waals surface area contributed by atoms with Crippen LogP contribution in [0.1, 0.15) is 17.5 Å². The van der Waals surface area contributed by atoms with Gasteiger partial charge in [0.1, 0.15) is 0 Å². The van der Waals surface area contributed by atoms with Crippen molar-refractivity contribution in [3.05, 3.63) is 35.4 Å². The van der Waals surface area contributed by atoms with E-state index in [4.69, 9.17) is 0 Å². The lowest BCUT2D eigenvalue weighted by Gasteiger charge is -2.33. The van der Waals surface area contributed by atoms with Gasteiger partial charge in [-0.25, -0.2) is 4.79 Å². The number of amides is 3. The maximum atomic E-state index is 11.4. The first-order chi connectivity index (χ1) is 7.67. The lowest BCUT2D eigenvalue weighted by Crippen LogP contribution is -2.61. The molecule has 1 aliphatic carbocycles. The molecule has 1 saturated heterocycles. The number of urea groups is 1. The summed E-state index contributed by atoms with van der Waals surface area (Å²) in [6, 6.07) is 7.72. The molecule has 4 heteroatoms. The molecule has 0 atom stereocenters. The van der Waals surface area contributed by atoms with Crippen LogP contribution in [-0.2, 0) is 17.6 Å². The second-order valence-electron chi connectivity index (χ2n) is 4.58. The highest BCUT2D eigenvalue weighted by Gasteiger charge is 2.43. The molecule has 0 unspecified atom stereocenters. The molecule has 3 amide bonds. The minimum atomic E-state index is -0.386. The van der Waals surface area contributed by atoms with Gasteiger partial charge in [-0.1, -0.05) is 24.3 Å². The Morgan fingerprint density at radius 2 is 1.62 bits per heavy atom. The Labute approximate surface area is 93.0 Å². The van der Waals surface area contributed by atoms with Crippen LogP contribution in [0.3, 0.4) is 0 Å². The fourth-order valence-electron chi connectivity index (χ4n) is 2.70. The molecule has 82 valence electrons. The highest BCUT2D eigenvalue weighted by Crippen LogP contribution is 2.33. The number of hydrogen-bond acceptors (Lipinski definition) is 2. The van der Waals surface area contributed by atoms with E-state index in [1.807, 2.05) is 12.1 Å². The van der Waals surface area contributed by atoms with Crippen molar-refractivity contribution in [2.24, 2.45) is 0 Å². The highest BCUT2D eigenvalue weighted by molar-refractivity contribution is 5.98. The van der Waals surface area contributed by atoms with E-state index in [0.29, 0.717) is 6.42 Å². The van der Waals surface area contributed by atoms with Crippen LogP contribution >= 0.6 is 0 Å². The van der Waals surface area contributed by atoms with E-state index < -0.39 is 0 Å². The van der Waals surface area contributed by atoms with Crippen LogP contribution in [0.4, 0.5) is 4.79 Å². The number of hydrogen-bond donors (Lipinski definition) is 2. The topological polar surface area (TPSA) is 58.2 Å². The normalized spacial score (nSPS) is 21.5. The van der Waals surface area contributed by atoms with Gasteiger partial charge in [-0.15, -0.1) is 0 Å². The zero-order valence-electron chi connectivity index (χ0n) is 8.75.